The molecule has 1 amide bonds. The molecule has 0 aliphatic heterocycles. The van der Waals surface area contributed by atoms with E-state index in [2.05, 4.69) is 12.2 Å². The molecule has 1 aromatic rings. The first kappa shape index (κ1) is 16.0. The van der Waals surface area contributed by atoms with E-state index >= 15 is 0 Å². The van der Waals surface area contributed by atoms with Crippen LogP contribution in [0.5, 0.6) is 0 Å². The molecule has 0 fully saturated rings. The topological polar surface area (TPSA) is 66.4 Å². The number of rotatable bonds is 6. The van der Waals surface area contributed by atoms with Gasteiger partial charge in [-0.15, -0.1) is 11.3 Å². The summed E-state index contributed by atoms with van der Waals surface area (Å²) in [6.07, 6.45) is 4.68. The van der Waals surface area contributed by atoms with E-state index in [0.717, 1.165) is 23.6 Å². The van der Waals surface area contributed by atoms with Crippen molar-refractivity contribution >= 4 is 23.2 Å². The molecule has 4 nitrogen and oxygen atoms in total. The summed E-state index contributed by atoms with van der Waals surface area (Å²) in [6.45, 7) is 4.46. The van der Waals surface area contributed by atoms with E-state index in [4.69, 9.17) is 5.11 Å². The van der Waals surface area contributed by atoms with Crippen molar-refractivity contribution in [3.63, 3.8) is 0 Å². The predicted molar refractivity (Wildman–Crippen MR) is 83.9 cm³/mol. The Morgan fingerprint density at radius 2 is 2.29 bits per heavy atom. The lowest BCUT2D eigenvalue weighted by atomic mass is 9.87. The number of carbonyl (C=O) groups excluding carboxylic acids is 1. The molecule has 21 heavy (non-hydrogen) atoms. The number of carboxylic acids is 1. The quantitative estimate of drug-likeness (QED) is 0.848. The molecule has 1 heterocycles. The van der Waals surface area contributed by atoms with E-state index in [0.29, 0.717) is 6.54 Å². The first-order valence-corrected chi connectivity index (χ1v) is 8.42. The van der Waals surface area contributed by atoms with Crippen LogP contribution < -0.4 is 5.32 Å². The number of aryl methyl sites for hydroxylation is 1. The van der Waals surface area contributed by atoms with Gasteiger partial charge in [-0.25, -0.2) is 0 Å². The zero-order valence-electron chi connectivity index (χ0n) is 12.6. The van der Waals surface area contributed by atoms with Crippen LogP contribution >= 0.6 is 11.3 Å². The molecular formula is C16H23NO3S. The fraction of sp³-hybridized carbons (Fsp3) is 0.625. The lowest BCUT2D eigenvalue weighted by molar-refractivity contribution is -0.137. The number of carbonyl (C=O) groups is 2. The predicted octanol–water partition coefficient (Wildman–Crippen LogP) is 3.10. The number of thiophene rings is 1. The van der Waals surface area contributed by atoms with E-state index in [1.165, 1.54) is 23.3 Å². The number of carboxylic acid groups (broad SMARTS) is 1. The molecule has 116 valence electrons. The molecule has 5 heteroatoms. The van der Waals surface area contributed by atoms with E-state index in [1.54, 1.807) is 11.3 Å². The minimum atomic E-state index is -0.825. The Morgan fingerprint density at radius 3 is 2.95 bits per heavy atom. The van der Waals surface area contributed by atoms with Crippen LogP contribution in [0.25, 0.3) is 0 Å². The number of nitrogens with one attached hydrogen (secondary N) is 1. The van der Waals surface area contributed by atoms with Gasteiger partial charge >= 0.3 is 5.97 Å². The molecule has 2 unspecified atom stereocenters. The Kier molecular flexibility index (Phi) is 5.39. The minimum absolute atomic E-state index is 0.0505. The van der Waals surface area contributed by atoms with Crippen LogP contribution in [0.2, 0.25) is 0 Å². The van der Waals surface area contributed by atoms with Gasteiger partial charge in [-0.2, -0.15) is 0 Å². The molecule has 0 saturated carbocycles. The number of amides is 1. The molecule has 2 atom stereocenters. The highest BCUT2D eigenvalue weighted by atomic mass is 32.1. The second-order valence-electron chi connectivity index (χ2n) is 5.99. The maximum Gasteiger partial charge on any atom is 0.303 e. The molecule has 0 spiro atoms. The summed E-state index contributed by atoms with van der Waals surface area (Å²) in [4.78, 5) is 24.9. The van der Waals surface area contributed by atoms with Crippen molar-refractivity contribution in [2.75, 3.05) is 6.54 Å². The van der Waals surface area contributed by atoms with Crippen LogP contribution in [0.3, 0.4) is 0 Å². The summed E-state index contributed by atoms with van der Waals surface area (Å²) in [5, 5.41) is 11.6. The van der Waals surface area contributed by atoms with Gasteiger partial charge in [-0.1, -0.05) is 20.3 Å². The van der Waals surface area contributed by atoms with Gasteiger partial charge in [0.2, 0.25) is 0 Å². The highest BCUT2D eigenvalue weighted by Gasteiger charge is 2.22. The zero-order chi connectivity index (χ0) is 15.4. The third-order valence-corrected chi connectivity index (χ3v) is 5.36. The average molecular weight is 309 g/mol. The highest BCUT2D eigenvalue weighted by molar-refractivity contribution is 7.14. The van der Waals surface area contributed by atoms with E-state index in [1.807, 2.05) is 13.0 Å². The standard InChI is InChI=1S/C16H23NO3S/c1-3-11-4-5-13-12(7-11)8-14(21-13)16(20)17-9-10(2)6-15(18)19/h8,10-11H,3-7,9H2,1-2H3,(H,17,20)(H,18,19). The van der Waals surface area contributed by atoms with Crippen LogP contribution in [0.15, 0.2) is 6.07 Å². The molecule has 1 aliphatic carbocycles. The largest absolute Gasteiger partial charge is 0.481 e. The van der Waals surface area contributed by atoms with Crippen molar-refractivity contribution in [2.24, 2.45) is 11.8 Å². The first-order chi connectivity index (χ1) is 9.99. The fourth-order valence-electron chi connectivity index (χ4n) is 2.78. The summed E-state index contributed by atoms with van der Waals surface area (Å²) < 4.78 is 0. The van der Waals surface area contributed by atoms with Crippen molar-refractivity contribution in [1.29, 1.82) is 0 Å². The summed E-state index contributed by atoms with van der Waals surface area (Å²) in [6, 6.07) is 2.03. The normalized spacial score (nSPS) is 18.9. The monoisotopic (exact) mass is 309 g/mol. The Bertz CT molecular complexity index is 524. The second kappa shape index (κ2) is 7.07. The van der Waals surface area contributed by atoms with Crippen molar-refractivity contribution in [2.45, 2.75) is 46.0 Å². The molecule has 2 rings (SSSR count). The Hall–Kier alpha value is -1.36. The minimum Gasteiger partial charge on any atom is -0.481 e. The van der Waals surface area contributed by atoms with Crippen LogP contribution in [0.4, 0.5) is 0 Å². The maximum atomic E-state index is 12.2. The molecule has 0 radical (unpaired) electrons. The molecule has 0 saturated heterocycles. The van der Waals surface area contributed by atoms with Crippen LogP contribution in [0.1, 0.15) is 53.2 Å². The number of fused-ring (bicyclic) bond motifs is 1. The maximum absolute atomic E-state index is 12.2. The number of hydrogen-bond acceptors (Lipinski definition) is 3. The summed E-state index contributed by atoms with van der Waals surface area (Å²) in [5.74, 6) is -0.197. The van der Waals surface area contributed by atoms with Crippen molar-refractivity contribution in [1.82, 2.24) is 5.32 Å². The lowest BCUT2D eigenvalue weighted by Gasteiger charge is -2.19. The Morgan fingerprint density at radius 1 is 1.52 bits per heavy atom. The molecule has 1 aromatic heterocycles. The summed E-state index contributed by atoms with van der Waals surface area (Å²) >= 11 is 1.59. The van der Waals surface area contributed by atoms with Crippen molar-refractivity contribution in [3.8, 4) is 0 Å². The molecule has 0 aromatic carbocycles. The highest BCUT2D eigenvalue weighted by Crippen LogP contribution is 2.33. The van der Waals surface area contributed by atoms with Crippen LogP contribution in [0, 0.1) is 11.8 Å². The lowest BCUT2D eigenvalue weighted by Crippen LogP contribution is -2.28. The van der Waals surface area contributed by atoms with Gasteiger partial charge in [0.15, 0.2) is 0 Å². The van der Waals surface area contributed by atoms with E-state index in [9.17, 15) is 9.59 Å². The third kappa shape index (κ3) is 4.30. The van der Waals surface area contributed by atoms with Gasteiger partial charge in [-0.05, 0) is 42.7 Å². The molecule has 2 N–H and O–H groups in total. The Balaban J connectivity index is 1.92. The Labute approximate surface area is 129 Å². The smallest absolute Gasteiger partial charge is 0.303 e. The van der Waals surface area contributed by atoms with Crippen molar-refractivity contribution < 1.29 is 14.7 Å². The van der Waals surface area contributed by atoms with E-state index in [-0.39, 0.29) is 18.2 Å². The van der Waals surface area contributed by atoms with Gasteiger partial charge in [0.1, 0.15) is 0 Å². The van der Waals surface area contributed by atoms with Gasteiger partial charge in [-0.3, -0.25) is 9.59 Å². The number of aliphatic carboxylic acids is 1. The summed E-state index contributed by atoms with van der Waals surface area (Å²) in [5.41, 5.74) is 1.34. The zero-order valence-corrected chi connectivity index (χ0v) is 13.5. The second-order valence-corrected chi connectivity index (χ2v) is 7.13. The average Bonchev–Trinajstić information content (AvgIpc) is 2.86. The van der Waals surface area contributed by atoms with E-state index < -0.39 is 5.97 Å². The number of hydrogen-bond donors (Lipinski definition) is 2. The first-order valence-electron chi connectivity index (χ1n) is 7.61. The van der Waals surface area contributed by atoms with Gasteiger partial charge in [0, 0.05) is 17.8 Å². The molecular weight excluding hydrogens is 286 g/mol. The van der Waals surface area contributed by atoms with Gasteiger partial charge in [0.05, 0.1) is 4.88 Å². The van der Waals surface area contributed by atoms with Crippen LogP contribution in [-0.2, 0) is 17.6 Å². The fourth-order valence-corrected chi connectivity index (χ4v) is 3.91. The SMILES string of the molecule is CCC1CCc2sc(C(=O)NCC(C)CC(=O)O)cc2C1. The van der Waals surface area contributed by atoms with Gasteiger partial charge in [0.25, 0.3) is 5.91 Å². The van der Waals surface area contributed by atoms with Crippen molar-refractivity contribution in [3.05, 3.63) is 21.4 Å². The molecule has 0 bridgehead atoms. The molecule has 1 aliphatic rings. The van der Waals surface area contributed by atoms with Crippen LogP contribution in [-0.4, -0.2) is 23.5 Å². The van der Waals surface area contributed by atoms with Gasteiger partial charge < -0.3 is 10.4 Å². The third-order valence-electron chi connectivity index (χ3n) is 4.12. The summed E-state index contributed by atoms with van der Waals surface area (Å²) in [7, 11) is 0.